The maximum absolute atomic E-state index is 12.1. The average molecular weight is 373 g/mol. The molecule has 0 fully saturated rings. The first-order valence-electron chi connectivity index (χ1n) is 7.47. The monoisotopic (exact) mass is 373 g/mol. The van der Waals surface area contributed by atoms with Gasteiger partial charge in [-0.1, -0.05) is 24.3 Å². The fourth-order valence-electron chi connectivity index (χ4n) is 1.69. The Hall–Kier alpha value is -2.13. The largest absolute Gasteiger partial charge is 0.461 e. The number of esters is 1. The van der Waals surface area contributed by atoms with Crippen LogP contribution in [0.4, 0.5) is 4.79 Å². The third-order valence-electron chi connectivity index (χ3n) is 2.61. The second-order valence-electron chi connectivity index (χ2n) is 6.39. The number of carbonyl (C=O) groups excluding carboxylic acids is 2. The summed E-state index contributed by atoms with van der Waals surface area (Å²) in [6.07, 6.45) is -0.0750. The van der Waals surface area contributed by atoms with Gasteiger partial charge in [0.1, 0.15) is 12.2 Å². The smallest absolute Gasteiger partial charge is 0.435 e. The zero-order valence-corrected chi connectivity index (χ0v) is 15.8. The van der Waals surface area contributed by atoms with Crippen molar-refractivity contribution in [1.29, 1.82) is 0 Å². The number of carbonyl (C=O) groups is 2. The molecule has 8 nitrogen and oxygen atoms in total. The molecule has 0 aliphatic rings. The van der Waals surface area contributed by atoms with Gasteiger partial charge in [0.15, 0.2) is 0 Å². The van der Waals surface area contributed by atoms with E-state index in [1.807, 2.05) is 0 Å². The van der Waals surface area contributed by atoms with E-state index in [-0.39, 0.29) is 19.1 Å². The molecule has 25 heavy (non-hydrogen) atoms. The molecule has 0 N–H and O–H groups in total. The molecule has 0 saturated carbocycles. The highest BCUT2D eigenvalue weighted by molar-refractivity contribution is 7.85. The van der Waals surface area contributed by atoms with E-state index in [1.54, 1.807) is 45.0 Å². The number of rotatable bonds is 6. The minimum atomic E-state index is -3.90. The standard InChI is InChI=1S/C16H23NO7S/c1-12(18)22-11-14-8-6-13(7-9-14)10-17(24-25(5,20)21)15(19)23-16(2,3)4/h6-9H,10-11H2,1-5H3. The van der Waals surface area contributed by atoms with Crippen LogP contribution >= 0.6 is 0 Å². The van der Waals surface area contributed by atoms with Crippen molar-refractivity contribution in [3.8, 4) is 0 Å². The number of hydrogen-bond acceptors (Lipinski definition) is 7. The zero-order valence-electron chi connectivity index (χ0n) is 14.9. The molecule has 0 aliphatic carbocycles. The molecule has 140 valence electrons. The lowest BCUT2D eigenvalue weighted by Crippen LogP contribution is -2.37. The molecule has 0 spiro atoms. The van der Waals surface area contributed by atoms with Gasteiger partial charge >= 0.3 is 12.1 Å². The average Bonchev–Trinajstić information content (AvgIpc) is 2.42. The Balaban J connectivity index is 2.86. The van der Waals surface area contributed by atoms with E-state index in [1.165, 1.54) is 6.92 Å². The molecule has 0 saturated heterocycles. The molecule has 0 radical (unpaired) electrons. The van der Waals surface area contributed by atoms with Crippen LogP contribution in [0.2, 0.25) is 0 Å². The van der Waals surface area contributed by atoms with Gasteiger partial charge in [-0.3, -0.25) is 4.79 Å². The summed E-state index contributed by atoms with van der Waals surface area (Å²) in [5, 5.41) is 0.641. The quantitative estimate of drug-likeness (QED) is 0.557. The minimum absolute atomic E-state index is 0.129. The summed E-state index contributed by atoms with van der Waals surface area (Å²) in [7, 11) is -3.90. The molecule has 0 aromatic heterocycles. The minimum Gasteiger partial charge on any atom is -0.461 e. The van der Waals surface area contributed by atoms with Crippen LogP contribution in [-0.4, -0.2) is 37.4 Å². The predicted molar refractivity (Wildman–Crippen MR) is 89.6 cm³/mol. The number of benzene rings is 1. The molecule has 1 amide bonds. The van der Waals surface area contributed by atoms with Gasteiger partial charge < -0.3 is 9.47 Å². The van der Waals surface area contributed by atoms with Crippen LogP contribution < -0.4 is 0 Å². The van der Waals surface area contributed by atoms with Crippen molar-refractivity contribution < 1.29 is 31.8 Å². The summed E-state index contributed by atoms with van der Waals surface area (Å²) >= 11 is 0. The maximum atomic E-state index is 12.1. The first-order valence-corrected chi connectivity index (χ1v) is 9.28. The van der Waals surface area contributed by atoms with Crippen molar-refractivity contribution in [2.75, 3.05) is 6.26 Å². The van der Waals surface area contributed by atoms with Crippen LogP contribution in [0.3, 0.4) is 0 Å². The van der Waals surface area contributed by atoms with Gasteiger partial charge in [0.25, 0.3) is 10.1 Å². The van der Waals surface area contributed by atoms with Crippen molar-refractivity contribution in [3.63, 3.8) is 0 Å². The summed E-state index contributed by atoms with van der Waals surface area (Å²) in [5.74, 6) is -0.387. The van der Waals surface area contributed by atoms with E-state index >= 15 is 0 Å². The number of hydrogen-bond donors (Lipinski definition) is 0. The highest BCUT2D eigenvalue weighted by Crippen LogP contribution is 2.15. The normalized spacial score (nSPS) is 11.7. The van der Waals surface area contributed by atoms with E-state index in [0.29, 0.717) is 10.6 Å². The Morgan fingerprint density at radius 1 is 1.08 bits per heavy atom. The predicted octanol–water partition coefficient (Wildman–Crippen LogP) is 2.38. The third kappa shape index (κ3) is 9.06. The summed E-state index contributed by atoms with van der Waals surface area (Å²) < 4.78 is 37.5. The van der Waals surface area contributed by atoms with Gasteiger partial charge in [0.05, 0.1) is 12.8 Å². The molecule has 1 aromatic carbocycles. The molecule has 1 aromatic rings. The van der Waals surface area contributed by atoms with Crippen LogP contribution in [0, 0.1) is 0 Å². The second kappa shape index (κ2) is 8.30. The molecule has 1 rings (SSSR count). The fraction of sp³-hybridized carbons (Fsp3) is 0.500. The Kier molecular flexibility index (Phi) is 6.95. The Morgan fingerprint density at radius 3 is 2.04 bits per heavy atom. The Morgan fingerprint density at radius 2 is 1.60 bits per heavy atom. The van der Waals surface area contributed by atoms with Gasteiger partial charge in [0, 0.05) is 6.92 Å². The van der Waals surface area contributed by atoms with E-state index < -0.39 is 21.8 Å². The van der Waals surface area contributed by atoms with E-state index in [0.717, 1.165) is 11.8 Å². The first kappa shape index (κ1) is 20.9. The van der Waals surface area contributed by atoms with E-state index in [2.05, 4.69) is 0 Å². The maximum Gasteiger partial charge on any atom is 0.435 e. The van der Waals surface area contributed by atoms with Crippen LogP contribution in [0.1, 0.15) is 38.8 Å². The van der Waals surface area contributed by atoms with Gasteiger partial charge in [-0.05, 0) is 31.9 Å². The molecule has 0 atom stereocenters. The molecular weight excluding hydrogens is 350 g/mol. The second-order valence-corrected chi connectivity index (χ2v) is 7.95. The lowest BCUT2D eigenvalue weighted by molar-refractivity contribution is -0.142. The van der Waals surface area contributed by atoms with Gasteiger partial charge in [0.2, 0.25) is 0 Å². The number of hydroxylamine groups is 2. The van der Waals surface area contributed by atoms with Gasteiger partial charge in [-0.15, -0.1) is 4.28 Å². The molecule has 0 heterocycles. The van der Waals surface area contributed by atoms with Crippen molar-refractivity contribution in [3.05, 3.63) is 35.4 Å². The van der Waals surface area contributed by atoms with Crippen molar-refractivity contribution in [2.24, 2.45) is 0 Å². The molecule has 0 aliphatic heterocycles. The van der Waals surface area contributed by atoms with Gasteiger partial charge in [-0.25, -0.2) is 4.79 Å². The zero-order chi connectivity index (χ0) is 19.3. The lowest BCUT2D eigenvalue weighted by Gasteiger charge is -2.25. The molecule has 9 heteroatoms. The molecular formula is C16H23NO7S. The highest BCUT2D eigenvalue weighted by atomic mass is 32.2. The SMILES string of the molecule is CC(=O)OCc1ccc(CN(OS(C)(=O)=O)C(=O)OC(C)(C)C)cc1. The van der Waals surface area contributed by atoms with Crippen molar-refractivity contribution >= 4 is 22.2 Å². The third-order valence-corrected chi connectivity index (χ3v) is 3.06. The van der Waals surface area contributed by atoms with Crippen LogP contribution in [0.15, 0.2) is 24.3 Å². The molecule has 0 bridgehead atoms. The van der Waals surface area contributed by atoms with E-state index in [9.17, 15) is 18.0 Å². The summed E-state index contributed by atoms with van der Waals surface area (Å²) in [6.45, 7) is 6.30. The van der Waals surface area contributed by atoms with Crippen LogP contribution in [0.5, 0.6) is 0 Å². The van der Waals surface area contributed by atoms with Crippen molar-refractivity contribution in [1.82, 2.24) is 5.06 Å². The van der Waals surface area contributed by atoms with Crippen LogP contribution in [0.25, 0.3) is 0 Å². The van der Waals surface area contributed by atoms with Gasteiger partial charge in [-0.2, -0.15) is 13.5 Å². The number of nitrogens with zero attached hydrogens (tertiary/aromatic N) is 1. The summed E-state index contributed by atoms with van der Waals surface area (Å²) in [4.78, 5) is 22.9. The topological polar surface area (TPSA) is 99.2 Å². The summed E-state index contributed by atoms with van der Waals surface area (Å²) in [6, 6.07) is 6.74. The highest BCUT2D eigenvalue weighted by Gasteiger charge is 2.26. The Labute approximate surface area is 147 Å². The lowest BCUT2D eigenvalue weighted by atomic mass is 10.1. The number of ether oxygens (including phenoxy) is 2. The Bertz CT molecular complexity index is 705. The summed E-state index contributed by atoms with van der Waals surface area (Å²) in [5.41, 5.74) is 0.567. The number of amides is 1. The first-order chi connectivity index (χ1) is 11.4. The van der Waals surface area contributed by atoms with Crippen molar-refractivity contribution in [2.45, 2.75) is 46.4 Å². The fourth-order valence-corrected chi connectivity index (χ4v) is 2.13. The molecule has 0 unspecified atom stereocenters. The van der Waals surface area contributed by atoms with Crippen LogP contribution in [-0.2, 0) is 41.8 Å². The van der Waals surface area contributed by atoms with E-state index in [4.69, 9.17) is 13.8 Å².